The van der Waals surface area contributed by atoms with Crippen LogP contribution in [0.2, 0.25) is 0 Å². The first-order chi connectivity index (χ1) is 10.1. The number of aliphatic hydroxyl groups excluding tert-OH is 1. The van der Waals surface area contributed by atoms with Gasteiger partial charge in [0.2, 0.25) is 0 Å². The Kier molecular flexibility index (Phi) is 3.15. The molecule has 1 aromatic rings. The summed E-state index contributed by atoms with van der Waals surface area (Å²) in [6, 6.07) is 2.94. The van der Waals surface area contributed by atoms with Crippen LogP contribution in [0, 0.1) is 0 Å². The second-order valence-corrected chi connectivity index (χ2v) is 7.04. The fraction of sp³-hybridized carbons (Fsp3) is 0.625. The van der Waals surface area contributed by atoms with E-state index in [1.54, 1.807) is 0 Å². The van der Waals surface area contributed by atoms with Crippen LogP contribution in [-0.4, -0.2) is 33.3 Å². The third kappa shape index (κ3) is 2.14. The Labute approximate surface area is 130 Å². The largest absolute Gasteiger partial charge is 0.393 e. The molecule has 0 aromatic carbocycles. The lowest BCUT2D eigenvalue weighted by Crippen LogP contribution is -2.46. The average molecular weight is 303 g/mol. The molecule has 3 heterocycles. The highest BCUT2D eigenvalue weighted by molar-refractivity contribution is 7.80. The summed E-state index contributed by atoms with van der Waals surface area (Å²) in [7, 11) is 0. The lowest BCUT2D eigenvalue weighted by molar-refractivity contribution is 0.126. The maximum absolute atomic E-state index is 9.99. The lowest BCUT2D eigenvalue weighted by atomic mass is 9.98. The van der Waals surface area contributed by atoms with Crippen LogP contribution in [0.25, 0.3) is 0 Å². The van der Waals surface area contributed by atoms with Gasteiger partial charge in [-0.1, -0.05) is 12.2 Å². The van der Waals surface area contributed by atoms with Crippen molar-refractivity contribution in [3.63, 3.8) is 0 Å². The van der Waals surface area contributed by atoms with Crippen LogP contribution in [0.3, 0.4) is 0 Å². The van der Waals surface area contributed by atoms with Gasteiger partial charge >= 0.3 is 0 Å². The van der Waals surface area contributed by atoms with Gasteiger partial charge in [0, 0.05) is 17.8 Å². The van der Waals surface area contributed by atoms with Crippen molar-refractivity contribution in [1.29, 1.82) is 0 Å². The average Bonchev–Trinajstić information content (AvgIpc) is 2.99. The van der Waals surface area contributed by atoms with Gasteiger partial charge in [-0.15, -0.1) is 0 Å². The Morgan fingerprint density at radius 2 is 2.00 bits per heavy atom. The van der Waals surface area contributed by atoms with Gasteiger partial charge in [0.1, 0.15) is 10.8 Å². The summed E-state index contributed by atoms with van der Waals surface area (Å²) in [5.41, 5.74) is 9.43. The Hall–Kier alpha value is -1.20. The number of piperidine rings is 1. The van der Waals surface area contributed by atoms with Crippen molar-refractivity contribution in [1.82, 2.24) is 4.98 Å². The van der Waals surface area contributed by atoms with Crippen LogP contribution >= 0.6 is 12.2 Å². The summed E-state index contributed by atoms with van der Waals surface area (Å²) in [5.74, 6) is 0.975. The van der Waals surface area contributed by atoms with Gasteiger partial charge in [-0.05, 0) is 56.6 Å². The SMILES string of the molecule is NC(=S)c1cc2c(nc1N1C3CCC1CC(O)C3)CCC2. The van der Waals surface area contributed by atoms with Gasteiger partial charge in [0.15, 0.2) is 0 Å². The molecular formula is C16H21N3OS. The zero-order chi connectivity index (χ0) is 14.6. The van der Waals surface area contributed by atoms with Crippen LogP contribution in [0.1, 0.15) is 48.9 Å². The van der Waals surface area contributed by atoms with E-state index in [4.69, 9.17) is 22.9 Å². The first kappa shape index (κ1) is 13.5. The highest BCUT2D eigenvalue weighted by Gasteiger charge is 2.42. The van der Waals surface area contributed by atoms with Crippen molar-refractivity contribution in [3.05, 3.63) is 22.9 Å². The molecule has 4 rings (SSSR count). The van der Waals surface area contributed by atoms with Gasteiger partial charge in [-0.25, -0.2) is 4.98 Å². The summed E-state index contributed by atoms with van der Waals surface area (Å²) in [6.45, 7) is 0. The van der Waals surface area contributed by atoms with Gasteiger partial charge in [-0.3, -0.25) is 0 Å². The molecule has 5 heteroatoms. The fourth-order valence-electron chi connectivity index (χ4n) is 4.33. The molecule has 112 valence electrons. The number of thiocarbonyl (C=S) groups is 1. The van der Waals surface area contributed by atoms with E-state index < -0.39 is 0 Å². The van der Waals surface area contributed by atoms with E-state index in [2.05, 4.69) is 11.0 Å². The molecule has 3 aliphatic rings. The molecule has 1 aromatic heterocycles. The van der Waals surface area contributed by atoms with E-state index in [9.17, 15) is 5.11 Å². The number of rotatable bonds is 2. The minimum Gasteiger partial charge on any atom is -0.393 e. The molecule has 2 saturated heterocycles. The summed E-state index contributed by atoms with van der Waals surface area (Å²) in [6.07, 6.45) is 7.11. The lowest BCUT2D eigenvalue weighted by Gasteiger charge is -2.39. The zero-order valence-corrected chi connectivity index (χ0v) is 12.9. The summed E-state index contributed by atoms with van der Waals surface area (Å²) >= 11 is 5.27. The molecule has 0 saturated carbocycles. The number of aromatic nitrogens is 1. The molecule has 0 radical (unpaired) electrons. The highest BCUT2D eigenvalue weighted by atomic mass is 32.1. The maximum atomic E-state index is 9.99. The van der Waals surface area contributed by atoms with Gasteiger partial charge in [0.25, 0.3) is 0 Å². The van der Waals surface area contributed by atoms with Crippen molar-refractivity contribution in [3.8, 4) is 0 Å². The molecule has 1 aliphatic carbocycles. The van der Waals surface area contributed by atoms with Crippen molar-refractivity contribution in [2.75, 3.05) is 4.90 Å². The van der Waals surface area contributed by atoms with Crippen molar-refractivity contribution >= 4 is 23.0 Å². The van der Waals surface area contributed by atoms with Crippen LogP contribution in [0.4, 0.5) is 5.82 Å². The highest BCUT2D eigenvalue weighted by Crippen LogP contribution is 2.40. The monoisotopic (exact) mass is 303 g/mol. The number of aliphatic hydroxyl groups is 1. The zero-order valence-electron chi connectivity index (χ0n) is 12.1. The number of aryl methyl sites for hydroxylation is 2. The molecule has 0 spiro atoms. The molecule has 4 nitrogen and oxygen atoms in total. The summed E-state index contributed by atoms with van der Waals surface area (Å²) < 4.78 is 0. The van der Waals surface area contributed by atoms with Crippen LogP contribution < -0.4 is 10.6 Å². The Morgan fingerprint density at radius 3 is 2.67 bits per heavy atom. The van der Waals surface area contributed by atoms with Crippen molar-refractivity contribution in [2.24, 2.45) is 5.73 Å². The number of nitrogens with two attached hydrogens (primary N) is 1. The maximum Gasteiger partial charge on any atom is 0.139 e. The number of hydrogen-bond donors (Lipinski definition) is 2. The molecule has 0 amide bonds. The van der Waals surface area contributed by atoms with Crippen LogP contribution in [-0.2, 0) is 12.8 Å². The van der Waals surface area contributed by atoms with Crippen LogP contribution in [0.5, 0.6) is 0 Å². The summed E-state index contributed by atoms with van der Waals surface area (Å²) in [4.78, 5) is 7.79. The van der Waals surface area contributed by atoms with E-state index in [1.165, 1.54) is 17.7 Å². The Morgan fingerprint density at radius 1 is 1.29 bits per heavy atom. The quantitative estimate of drug-likeness (QED) is 0.814. The van der Waals surface area contributed by atoms with E-state index in [0.717, 1.165) is 49.9 Å². The minimum atomic E-state index is -0.165. The predicted octanol–water partition coefficient (Wildman–Crippen LogP) is 1.70. The van der Waals surface area contributed by atoms with Gasteiger partial charge in [-0.2, -0.15) is 0 Å². The van der Waals surface area contributed by atoms with Crippen molar-refractivity contribution in [2.45, 2.75) is 63.1 Å². The molecule has 2 atom stereocenters. The smallest absolute Gasteiger partial charge is 0.139 e. The molecule has 2 fully saturated rings. The number of nitrogens with zero attached hydrogens (tertiary/aromatic N) is 2. The van der Waals surface area contributed by atoms with E-state index in [0.29, 0.717) is 17.1 Å². The number of pyridine rings is 1. The normalized spacial score (nSPS) is 30.5. The molecule has 2 unspecified atom stereocenters. The standard InChI is InChI=1S/C16H21N3OS/c17-15(21)13-6-9-2-1-3-14(9)18-16(13)19-10-4-5-11(19)8-12(20)7-10/h6,10-12,20H,1-5,7-8H2,(H2,17,21). The van der Waals surface area contributed by atoms with Crippen molar-refractivity contribution < 1.29 is 5.11 Å². The third-order valence-electron chi connectivity index (χ3n) is 5.25. The fourth-order valence-corrected chi connectivity index (χ4v) is 4.48. The molecule has 2 bridgehead atoms. The first-order valence-electron chi connectivity index (χ1n) is 7.92. The number of hydrogen-bond acceptors (Lipinski definition) is 4. The van der Waals surface area contributed by atoms with E-state index in [-0.39, 0.29) is 6.10 Å². The number of fused-ring (bicyclic) bond motifs is 3. The second-order valence-electron chi connectivity index (χ2n) is 6.60. The minimum absolute atomic E-state index is 0.165. The Balaban J connectivity index is 1.79. The van der Waals surface area contributed by atoms with Gasteiger partial charge < -0.3 is 15.7 Å². The first-order valence-corrected chi connectivity index (χ1v) is 8.33. The summed E-state index contributed by atoms with van der Waals surface area (Å²) in [5, 5.41) is 9.99. The molecule has 21 heavy (non-hydrogen) atoms. The van der Waals surface area contributed by atoms with E-state index >= 15 is 0 Å². The van der Waals surface area contributed by atoms with Crippen LogP contribution in [0.15, 0.2) is 6.07 Å². The molecule has 3 N–H and O–H groups in total. The Bertz CT molecular complexity index is 589. The molecule has 2 aliphatic heterocycles. The predicted molar refractivity (Wildman–Crippen MR) is 86.7 cm³/mol. The number of anilines is 1. The van der Waals surface area contributed by atoms with E-state index in [1.807, 2.05) is 0 Å². The molecular weight excluding hydrogens is 282 g/mol. The van der Waals surface area contributed by atoms with Gasteiger partial charge in [0.05, 0.1) is 11.7 Å². The third-order valence-corrected chi connectivity index (χ3v) is 5.47. The second kappa shape index (κ2) is 4.92. The topological polar surface area (TPSA) is 62.4 Å².